The molecule has 2 heterocycles. The minimum atomic E-state index is -0.424. The zero-order chi connectivity index (χ0) is 19.6. The molecule has 27 heavy (non-hydrogen) atoms. The Labute approximate surface area is 164 Å². The summed E-state index contributed by atoms with van der Waals surface area (Å²) in [5, 5.41) is 12.3. The molecule has 2 aromatic rings. The highest BCUT2D eigenvalue weighted by atomic mass is 32.1. The van der Waals surface area contributed by atoms with Crippen LogP contribution in [0.1, 0.15) is 45.6 Å². The number of aromatic nitrogens is 2. The number of nitrogens with zero attached hydrogens (tertiary/aromatic N) is 3. The lowest BCUT2D eigenvalue weighted by Gasteiger charge is -2.27. The lowest BCUT2D eigenvalue weighted by atomic mass is 9.91. The Morgan fingerprint density at radius 2 is 1.93 bits per heavy atom. The number of nitrogens with one attached hydrogen (secondary N) is 1. The molecule has 1 saturated heterocycles. The first kappa shape index (κ1) is 19.5. The molecule has 1 aliphatic rings. The van der Waals surface area contributed by atoms with E-state index in [4.69, 9.17) is 0 Å². The first-order valence-electron chi connectivity index (χ1n) is 9.24. The number of amides is 2. The number of aryl methyl sites for hydroxylation is 1. The van der Waals surface area contributed by atoms with Crippen molar-refractivity contribution in [2.24, 2.45) is 5.41 Å². The van der Waals surface area contributed by atoms with E-state index in [0.29, 0.717) is 24.5 Å². The van der Waals surface area contributed by atoms with Gasteiger partial charge in [-0.05, 0) is 25.2 Å². The largest absolute Gasteiger partial charge is 0.331 e. The van der Waals surface area contributed by atoms with Crippen LogP contribution in [0.2, 0.25) is 0 Å². The van der Waals surface area contributed by atoms with Crippen molar-refractivity contribution in [3.05, 3.63) is 29.8 Å². The second-order valence-corrected chi connectivity index (χ2v) is 9.23. The third kappa shape index (κ3) is 4.91. The Morgan fingerprint density at radius 1 is 1.22 bits per heavy atom. The standard InChI is InChI=1S/C20H26N4O2S/c1-13-7-9-14(10-8-13)18-22-23-19(27-18)21-17(26)15-6-5-11-24(15)16(25)12-20(2,3)4/h7-10,15H,5-6,11-12H2,1-4H3,(H,21,23,26). The van der Waals surface area contributed by atoms with Crippen LogP contribution < -0.4 is 5.32 Å². The lowest BCUT2D eigenvalue weighted by Crippen LogP contribution is -2.44. The SMILES string of the molecule is Cc1ccc(-c2nnc(NC(=O)C3CCCN3C(=O)CC(C)(C)C)s2)cc1. The van der Waals surface area contributed by atoms with Crippen LogP contribution in [-0.2, 0) is 9.59 Å². The molecular formula is C20H26N4O2S. The number of carbonyl (C=O) groups excluding carboxylic acids is 2. The van der Waals surface area contributed by atoms with Gasteiger partial charge in [0.2, 0.25) is 16.9 Å². The first-order valence-corrected chi connectivity index (χ1v) is 10.1. The van der Waals surface area contributed by atoms with Crippen molar-refractivity contribution in [3.63, 3.8) is 0 Å². The van der Waals surface area contributed by atoms with E-state index in [1.807, 2.05) is 52.0 Å². The molecule has 7 heteroatoms. The number of hydrogen-bond donors (Lipinski definition) is 1. The minimum absolute atomic E-state index is 0.0396. The van der Waals surface area contributed by atoms with Gasteiger partial charge in [0.1, 0.15) is 11.0 Å². The number of likely N-dealkylation sites (tertiary alicyclic amines) is 1. The van der Waals surface area contributed by atoms with Gasteiger partial charge in [-0.2, -0.15) is 0 Å². The fourth-order valence-electron chi connectivity index (χ4n) is 3.17. The summed E-state index contributed by atoms with van der Waals surface area (Å²) < 4.78 is 0. The van der Waals surface area contributed by atoms with Crippen molar-refractivity contribution < 1.29 is 9.59 Å². The van der Waals surface area contributed by atoms with Gasteiger partial charge in [0.05, 0.1) is 0 Å². The number of benzene rings is 1. The van der Waals surface area contributed by atoms with Gasteiger partial charge in [-0.25, -0.2) is 0 Å². The second-order valence-electron chi connectivity index (χ2n) is 8.25. The Hall–Kier alpha value is -2.28. The van der Waals surface area contributed by atoms with Crippen LogP contribution in [0.4, 0.5) is 5.13 Å². The van der Waals surface area contributed by atoms with Crippen molar-refractivity contribution in [2.45, 2.75) is 53.0 Å². The molecule has 0 radical (unpaired) electrons. The molecule has 0 spiro atoms. The molecule has 1 unspecified atom stereocenters. The number of carbonyl (C=O) groups is 2. The van der Waals surface area contributed by atoms with Crippen LogP contribution in [0.25, 0.3) is 10.6 Å². The molecule has 144 valence electrons. The average Bonchev–Trinajstić information content (AvgIpc) is 3.23. The van der Waals surface area contributed by atoms with Gasteiger partial charge >= 0.3 is 0 Å². The summed E-state index contributed by atoms with van der Waals surface area (Å²) in [5.41, 5.74) is 2.06. The normalized spacial score (nSPS) is 17.2. The monoisotopic (exact) mass is 386 g/mol. The van der Waals surface area contributed by atoms with Crippen molar-refractivity contribution in [1.29, 1.82) is 0 Å². The summed E-state index contributed by atoms with van der Waals surface area (Å²) in [6, 6.07) is 7.60. The highest BCUT2D eigenvalue weighted by Gasteiger charge is 2.35. The quantitative estimate of drug-likeness (QED) is 0.865. The summed E-state index contributed by atoms with van der Waals surface area (Å²) >= 11 is 1.34. The smallest absolute Gasteiger partial charge is 0.249 e. The van der Waals surface area contributed by atoms with Gasteiger partial charge in [0.25, 0.3) is 0 Å². The average molecular weight is 387 g/mol. The molecule has 1 N–H and O–H groups in total. The summed E-state index contributed by atoms with van der Waals surface area (Å²) in [5.74, 6) is -0.140. The molecule has 0 saturated carbocycles. The second kappa shape index (κ2) is 7.76. The minimum Gasteiger partial charge on any atom is -0.331 e. The molecule has 1 aliphatic heterocycles. The molecule has 1 aromatic heterocycles. The van der Waals surface area contributed by atoms with Crippen LogP contribution in [0.15, 0.2) is 24.3 Å². The molecule has 6 nitrogen and oxygen atoms in total. The van der Waals surface area contributed by atoms with Crippen LogP contribution in [0.5, 0.6) is 0 Å². The zero-order valence-corrected chi connectivity index (χ0v) is 17.1. The van der Waals surface area contributed by atoms with Gasteiger partial charge in [0, 0.05) is 18.5 Å². The molecule has 3 rings (SSSR count). The van der Waals surface area contributed by atoms with E-state index in [0.717, 1.165) is 17.0 Å². The summed E-state index contributed by atoms with van der Waals surface area (Å²) in [6.07, 6.45) is 1.97. The van der Waals surface area contributed by atoms with E-state index in [2.05, 4.69) is 15.5 Å². The van der Waals surface area contributed by atoms with Gasteiger partial charge in [-0.1, -0.05) is 61.9 Å². The van der Waals surface area contributed by atoms with Gasteiger partial charge < -0.3 is 4.90 Å². The Bertz CT molecular complexity index is 823. The highest BCUT2D eigenvalue weighted by molar-refractivity contribution is 7.18. The Morgan fingerprint density at radius 3 is 2.59 bits per heavy atom. The Balaban J connectivity index is 1.66. The van der Waals surface area contributed by atoms with Gasteiger partial charge in [0.15, 0.2) is 0 Å². The maximum absolute atomic E-state index is 12.7. The lowest BCUT2D eigenvalue weighted by molar-refractivity contribution is -0.138. The molecule has 0 bridgehead atoms. The molecule has 0 aliphatic carbocycles. The molecule has 1 fully saturated rings. The van der Waals surface area contributed by atoms with E-state index in [-0.39, 0.29) is 17.2 Å². The molecule has 2 amide bonds. The fraction of sp³-hybridized carbons (Fsp3) is 0.500. The number of anilines is 1. The Kier molecular flexibility index (Phi) is 5.60. The maximum Gasteiger partial charge on any atom is 0.249 e. The number of rotatable bonds is 4. The topological polar surface area (TPSA) is 75.2 Å². The molecule has 1 aromatic carbocycles. The van der Waals surface area contributed by atoms with E-state index < -0.39 is 6.04 Å². The summed E-state index contributed by atoms with van der Waals surface area (Å²) in [6.45, 7) is 8.76. The highest BCUT2D eigenvalue weighted by Crippen LogP contribution is 2.28. The van der Waals surface area contributed by atoms with Crippen molar-refractivity contribution in [3.8, 4) is 10.6 Å². The van der Waals surface area contributed by atoms with Crippen molar-refractivity contribution in [1.82, 2.24) is 15.1 Å². The summed E-state index contributed by atoms with van der Waals surface area (Å²) in [4.78, 5) is 27.0. The van der Waals surface area contributed by atoms with E-state index in [9.17, 15) is 9.59 Å². The fourth-order valence-corrected chi connectivity index (χ4v) is 3.92. The van der Waals surface area contributed by atoms with Crippen molar-refractivity contribution in [2.75, 3.05) is 11.9 Å². The predicted octanol–water partition coefficient (Wildman–Crippen LogP) is 3.88. The van der Waals surface area contributed by atoms with Gasteiger partial charge in [-0.3, -0.25) is 14.9 Å². The third-order valence-electron chi connectivity index (χ3n) is 4.51. The summed E-state index contributed by atoms with van der Waals surface area (Å²) in [7, 11) is 0. The maximum atomic E-state index is 12.7. The molecule has 1 atom stereocenters. The molecular weight excluding hydrogens is 360 g/mol. The zero-order valence-electron chi connectivity index (χ0n) is 16.3. The van der Waals surface area contributed by atoms with E-state index in [1.54, 1.807) is 4.90 Å². The number of hydrogen-bond acceptors (Lipinski definition) is 5. The third-order valence-corrected chi connectivity index (χ3v) is 5.40. The van der Waals surface area contributed by atoms with E-state index in [1.165, 1.54) is 16.9 Å². The van der Waals surface area contributed by atoms with Gasteiger partial charge in [-0.15, -0.1) is 10.2 Å². The van der Waals surface area contributed by atoms with Crippen LogP contribution in [0, 0.1) is 12.3 Å². The van der Waals surface area contributed by atoms with Crippen LogP contribution in [0.3, 0.4) is 0 Å². The predicted molar refractivity (Wildman–Crippen MR) is 108 cm³/mol. The first-order chi connectivity index (χ1) is 12.7. The van der Waals surface area contributed by atoms with Crippen molar-refractivity contribution >= 4 is 28.3 Å². The van der Waals surface area contributed by atoms with Crippen LogP contribution in [-0.4, -0.2) is 39.5 Å². The van der Waals surface area contributed by atoms with Crippen LogP contribution >= 0.6 is 11.3 Å². The van der Waals surface area contributed by atoms with E-state index >= 15 is 0 Å².